The van der Waals surface area contributed by atoms with Crippen LogP contribution in [-0.2, 0) is 24.2 Å². The van der Waals surface area contributed by atoms with E-state index in [2.05, 4.69) is 39.3 Å². The highest BCUT2D eigenvalue weighted by atomic mass is 35.5. The van der Waals surface area contributed by atoms with Gasteiger partial charge in [-0.25, -0.2) is 0 Å². The maximum Gasteiger partial charge on any atom is 0.240 e. The summed E-state index contributed by atoms with van der Waals surface area (Å²) in [6.07, 6.45) is 2.05. The van der Waals surface area contributed by atoms with E-state index in [1.165, 1.54) is 5.56 Å². The van der Waals surface area contributed by atoms with Gasteiger partial charge in [0.1, 0.15) is 0 Å². The van der Waals surface area contributed by atoms with Crippen LogP contribution in [-0.4, -0.2) is 40.8 Å². The zero-order chi connectivity index (χ0) is 15.2. The summed E-state index contributed by atoms with van der Waals surface area (Å²) in [6.45, 7) is 3.50. The van der Waals surface area contributed by atoms with E-state index < -0.39 is 0 Å². The zero-order valence-electron chi connectivity index (χ0n) is 13.1. The number of benzene rings is 1. The fourth-order valence-corrected chi connectivity index (χ4v) is 2.74. The molecule has 23 heavy (non-hydrogen) atoms. The van der Waals surface area contributed by atoms with Gasteiger partial charge in [-0.15, -0.1) is 12.4 Å². The van der Waals surface area contributed by atoms with E-state index >= 15 is 0 Å². The lowest BCUT2D eigenvalue weighted by atomic mass is 10.1. The summed E-state index contributed by atoms with van der Waals surface area (Å²) >= 11 is 0. The lowest BCUT2D eigenvalue weighted by Gasteiger charge is -2.26. The minimum Gasteiger partial charge on any atom is -0.380 e. The number of ether oxygens (including phenoxy) is 1. The number of hydrogen-bond acceptors (Lipinski definition) is 6. The molecular formula is C16H23ClN4O2. The molecule has 2 N–H and O–H groups in total. The normalized spacial score (nSPS) is 17.4. The summed E-state index contributed by atoms with van der Waals surface area (Å²) in [4.78, 5) is 6.69. The highest BCUT2D eigenvalue weighted by molar-refractivity contribution is 5.85. The van der Waals surface area contributed by atoms with E-state index in [4.69, 9.17) is 15.0 Å². The first-order valence-electron chi connectivity index (χ1n) is 7.72. The third-order valence-corrected chi connectivity index (χ3v) is 3.98. The summed E-state index contributed by atoms with van der Waals surface area (Å²) in [7, 11) is 0. The number of nitrogens with two attached hydrogens (primary N) is 1. The molecule has 0 amide bonds. The molecule has 0 spiro atoms. The van der Waals surface area contributed by atoms with Crippen LogP contribution in [0, 0.1) is 0 Å². The molecule has 1 unspecified atom stereocenters. The Hall–Kier alpha value is -1.47. The van der Waals surface area contributed by atoms with Crippen molar-refractivity contribution in [1.82, 2.24) is 15.0 Å². The van der Waals surface area contributed by atoms with Gasteiger partial charge in [-0.2, -0.15) is 4.98 Å². The largest absolute Gasteiger partial charge is 0.380 e. The Bertz CT molecular complexity index is 572. The predicted octanol–water partition coefficient (Wildman–Crippen LogP) is 1.78. The second-order valence-electron chi connectivity index (χ2n) is 5.53. The molecule has 2 heterocycles. The molecule has 1 fully saturated rings. The van der Waals surface area contributed by atoms with Crippen LogP contribution in [0.5, 0.6) is 0 Å². The van der Waals surface area contributed by atoms with Crippen LogP contribution in [0.15, 0.2) is 34.9 Å². The third-order valence-electron chi connectivity index (χ3n) is 3.98. The van der Waals surface area contributed by atoms with Gasteiger partial charge in [0, 0.05) is 19.2 Å². The van der Waals surface area contributed by atoms with Gasteiger partial charge in [0.25, 0.3) is 0 Å². The molecule has 0 radical (unpaired) electrons. The molecule has 0 bridgehead atoms. The molecular weight excluding hydrogens is 316 g/mol. The van der Waals surface area contributed by atoms with Gasteiger partial charge >= 0.3 is 0 Å². The van der Waals surface area contributed by atoms with Gasteiger partial charge in [-0.1, -0.05) is 35.5 Å². The molecule has 6 nitrogen and oxygen atoms in total. The number of rotatable bonds is 7. The first-order valence-corrected chi connectivity index (χ1v) is 7.72. The van der Waals surface area contributed by atoms with Crippen molar-refractivity contribution in [1.29, 1.82) is 0 Å². The number of aromatic nitrogens is 2. The molecule has 1 aromatic carbocycles. The van der Waals surface area contributed by atoms with Crippen molar-refractivity contribution < 1.29 is 9.26 Å². The average Bonchev–Trinajstić information content (AvgIpc) is 3.24. The van der Waals surface area contributed by atoms with Gasteiger partial charge < -0.3 is 15.0 Å². The Balaban J connectivity index is 0.00000192. The van der Waals surface area contributed by atoms with Crippen molar-refractivity contribution in [2.75, 3.05) is 19.8 Å². The van der Waals surface area contributed by atoms with Crippen LogP contribution >= 0.6 is 12.4 Å². The third kappa shape index (κ3) is 5.00. The Labute approximate surface area is 142 Å². The summed E-state index contributed by atoms with van der Waals surface area (Å²) < 4.78 is 10.6. The standard InChI is InChI=1S/C16H22N4O2.ClH/c17-10-16-18-15(19-22-16)11-20(14-7-9-21-12-14)8-6-13-4-2-1-3-5-13;/h1-5,14H,6-12,17H2;1H. The predicted molar refractivity (Wildman–Crippen MR) is 89.2 cm³/mol. The first-order chi connectivity index (χ1) is 10.8. The summed E-state index contributed by atoms with van der Waals surface area (Å²) in [5.74, 6) is 1.18. The zero-order valence-corrected chi connectivity index (χ0v) is 13.9. The fourth-order valence-electron chi connectivity index (χ4n) is 2.74. The molecule has 0 saturated carbocycles. The molecule has 1 aromatic heterocycles. The van der Waals surface area contributed by atoms with E-state index in [9.17, 15) is 0 Å². The Kier molecular flexibility index (Phi) is 6.98. The number of halogens is 1. The van der Waals surface area contributed by atoms with Crippen molar-refractivity contribution in [3.8, 4) is 0 Å². The Morgan fingerprint density at radius 1 is 1.26 bits per heavy atom. The summed E-state index contributed by atoms with van der Waals surface area (Å²) in [5, 5.41) is 4.00. The molecule has 1 aliphatic heterocycles. The summed E-state index contributed by atoms with van der Waals surface area (Å²) in [5.41, 5.74) is 6.86. The van der Waals surface area contributed by atoms with Gasteiger partial charge in [-0.05, 0) is 18.4 Å². The van der Waals surface area contributed by atoms with Crippen LogP contribution in [0.2, 0.25) is 0 Å². The number of hydrogen-bond donors (Lipinski definition) is 1. The molecule has 3 rings (SSSR count). The van der Waals surface area contributed by atoms with Gasteiger partial charge in [0.2, 0.25) is 5.89 Å². The molecule has 126 valence electrons. The van der Waals surface area contributed by atoms with Gasteiger partial charge in [0.15, 0.2) is 5.82 Å². The summed E-state index contributed by atoms with van der Waals surface area (Å²) in [6, 6.07) is 10.9. The van der Waals surface area contributed by atoms with Crippen LogP contribution in [0.4, 0.5) is 0 Å². The van der Waals surface area contributed by atoms with E-state index in [1.54, 1.807) is 0 Å². The fraction of sp³-hybridized carbons (Fsp3) is 0.500. The van der Waals surface area contributed by atoms with Crippen LogP contribution < -0.4 is 5.73 Å². The van der Waals surface area contributed by atoms with Crippen LogP contribution in [0.1, 0.15) is 23.7 Å². The second-order valence-corrected chi connectivity index (χ2v) is 5.53. The van der Waals surface area contributed by atoms with Crippen molar-refractivity contribution in [2.24, 2.45) is 5.73 Å². The maximum atomic E-state index is 5.53. The first kappa shape index (κ1) is 17.9. The van der Waals surface area contributed by atoms with Crippen LogP contribution in [0.3, 0.4) is 0 Å². The molecule has 2 aromatic rings. The number of nitrogens with zero attached hydrogens (tertiary/aromatic N) is 3. The van der Waals surface area contributed by atoms with Gasteiger partial charge in [0.05, 0.1) is 19.7 Å². The van der Waals surface area contributed by atoms with Crippen molar-refractivity contribution >= 4 is 12.4 Å². The monoisotopic (exact) mass is 338 g/mol. The lowest BCUT2D eigenvalue weighted by molar-refractivity contribution is 0.137. The average molecular weight is 339 g/mol. The molecule has 1 atom stereocenters. The Morgan fingerprint density at radius 3 is 2.74 bits per heavy atom. The minimum atomic E-state index is 0. The van der Waals surface area contributed by atoms with E-state index in [0.29, 0.717) is 24.3 Å². The smallest absolute Gasteiger partial charge is 0.240 e. The van der Waals surface area contributed by atoms with E-state index in [0.717, 1.165) is 32.6 Å². The van der Waals surface area contributed by atoms with E-state index in [-0.39, 0.29) is 19.0 Å². The molecule has 1 aliphatic rings. The second kappa shape index (κ2) is 8.98. The lowest BCUT2D eigenvalue weighted by Crippen LogP contribution is -2.37. The van der Waals surface area contributed by atoms with Crippen molar-refractivity contribution in [3.63, 3.8) is 0 Å². The van der Waals surface area contributed by atoms with Crippen molar-refractivity contribution in [2.45, 2.75) is 32.0 Å². The van der Waals surface area contributed by atoms with Crippen LogP contribution in [0.25, 0.3) is 0 Å². The maximum absolute atomic E-state index is 5.53. The quantitative estimate of drug-likeness (QED) is 0.829. The Morgan fingerprint density at radius 2 is 2.09 bits per heavy atom. The van der Waals surface area contributed by atoms with Crippen molar-refractivity contribution in [3.05, 3.63) is 47.6 Å². The minimum absolute atomic E-state index is 0. The topological polar surface area (TPSA) is 77.4 Å². The highest BCUT2D eigenvalue weighted by Crippen LogP contribution is 2.16. The highest BCUT2D eigenvalue weighted by Gasteiger charge is 2.24. The molecule has 0 aliphatic carbocycles. The van der Waals surface area contributed by atoms with E-state index in [1.807, 2.05) is 6.07 Å². The molecule has 1 saturated heterocycles. The van der Waals surface area contributed by atoms with Gasteiger partial charge in [-0.3, -0.25) is 4.90 Å². The SMILES string of the molecule is Cl.NCc1nc(CN(CCc2ccccc2)C2CCOC2)no1. The molecule has 7 heteroatoms.